The number of aromatic nitrogens is 1. The van der Waals surface area contributed by atoms with E-state index in [2.05, 4.69) is 4.98 Å². The molecule has 0 aliphatic carbocycles. The van der Waals surface area contributed by atoms with Gasteiger partial charge in [0.25, 0.3) is 0 Å². The molecule has 2 nitrogen and oxygen atoms in total. The summed E-state index contributed by atoms with van der Waals surface area (Å²) in [4.78, 5) is 13.9. The third kappa shape index (κ3) is 1.93. The van der Waals surface area contributed by atoms with Gasteiger partial charge < -0.3 is 4.79 Å². The zero-order chi connectivity index (χ0) is 6.53. The Morgan fingerprint density at radius 2 is 2.67 bits per heavy atom. The van der Waals surface area contributed by atoms with E-state index in [0.29, 0.717) is 6.42 Å². The molecule has 1 rings (SSSR count). The Labute approximate surface area is 57.5 Å². The van der Waals surface area contributed by atoms with E-state index in [1.165, 1.54) is 0 Å². The first-order valence-electron chi connectivity index (χ1n) is 2.75. The van der Waals surface area contributed by atoms with E-state index in [-0.39, 0.29) is 0 Å². The zero-order valence-corrected chi connectivity index (χ0v) is 5.73. The summed E-state index contributed by atoms with van der Waals surface area (Å²) in [6.07, 6.45) is 4.06. The van der Waals surface area contributed by atoms with Crippen LogP contribution in [0, 0.1) is 0 Å². The minimum absolute atomic E-state index is 0.591. The van der Waals surface area contributed by atoms with Crippen molar-refractivity contribution >= 4 is 17.6 Å². The monoisotopic (exact) mass is 141 g/mol. The number of thiazole rings is 1. The molecule has 0 spiro atoms. The lowest BCUT2D eigenvalue weighted by atomic mass is 10.3. The molecule has 1 aromatic heterocycles. The molecular formula is C6H7NOS. The van der Waals surface area contributed by atoms with Gasteiger partial charge in [-0.05, 0) is 0 Å². The number of aryl methyl sites for hydroxylation is 1. The Morgan fingerprint density at radius 1 is 1.78 bits per heavy atom. The molecule has 0 saturated heterocycles. The van der Waals surface area contributed by atoms with E-state index in [4.69, 9.17) is 0 Å². The van der Waals surface area contributed by atoms with Crippen molar-refractivity contribution < 1.29 is 4.79 Å². The Hall–Kier alpha value is -0.700. The summed E-state index contributed by atoms with van der Waals surface area (Å²) in [7, 11) is 0. The molecule has 1 heterocycles. The summed E-state index contributed by atoms with van der Waals surface area (Å²) in [5.41, 5.74) is 0. The van der Waals surface area contributed by atoms with Gasteiger partial charge in [-0.3, -0.25) is 0 Å². The van der Waals surface area contributed by atoms with Gasteiger partial charge in [-0.2, -0.15) is 0 Å². The van der Waals surface area contributed by atoms with Gasteiger partial charge in [0.05, 0.1) is 5.01 Å². The van der Waals surface area contributed by atoms with Crippen LogP contribution in [-0.2, 0) is 11.2 Å². The van der Waals surface area contributed by atoms with Gasteiger partial charge in [0.15, 0.2) is 0 Å². The Morgan fingerprint density at radius 3 is 3.22 bits per heavy atom. The maximum atomic E-state index is 9.88. The van der Waals surface area contributed by atoms with Gasteiger partial charge >= 0.3 is 0 Å². The van der Waals surface area contributed by atoms with Crippen LogP contribution in [0.5, 0.6) is 0 Å². The van der Waals surface area contributed by atoms with E-state index in [9.17, 15) is 4.79 Å². The third-order valence-electron chi connectivity index (χ3n) is 0.960. The lowest BCUT2D eigenvalue weighted by Crippen LogP contribution is -1.82. The van der Waals surface area contributed by atoms with Crippen LogP contribution in [-0.4, -0.2) is 11.3 Å². The second-order valence-electron chi connectivity index (χ2n) is 1.63. The van der Waals surface area contributed by atoms with E-state index in [1.807, 2.05) is 5.38 Å². The largest absolute Gasteiger partial charge is 0.303 e. The quantitative estimate of drug-likeness (QED) is 0.593. The summed E-state index contributed by atoms with van der Waals surface area (Å²) < 4.78 is 0. The minimum Gasteiger partial charge on any atom is -0.303 e. The molecular weight excluding hydrogens is 134 g/mol. The lowest BCUT2D eigenvalue weighted by Gasteiger charge is -1.83. The number of nitrogens with zero attached hydrogens (tertiary/aromatic N) is 1. The molecule has 0 radical (unpaired) electrons. The van der Waals surface area contributed by atoms with Crippen molar-refractivity contribution in [2.75, 3.05) is 0 Å². The number of carbonyl (C=O) groups excluding carboxylic acids is 1. The van der Waals surface area contributed by atoms with Crippen molar-refractivity contribution in [3.63, 3.8) is 0 Å². The maximum absolute atomic E-state index is 9.88. The predicted octanol–water partition coefficient (Wildman–Crippen LogP) is 1.27. The molecule has 0 bridgehead atoms. The number of hydrogen-bond acceptors (Lipinski definition) is 3. The van der Waals surface area contributed by atoms with Crippen LogP contribution in [0.2, 0.25) is 0 Å². The fourth-order valence-corrected chi connectivity index (χ4v) is 1.20. The molecule has 0 amide bonds. The highest BCUT2D eigenvalue weighted by Gasteiger charge is 1.91. The molecule has 0 saturated carbocycles. The van der Waals surface area contributed by atoms with Crippen molar-refractivity contribution in [2.45, 2.75) is 12.8 Å². The molecule has 3 heteroatoms. The van der Waals surface area contributed by atoms with Crippen LogP contribution < -0.4 is 0 Å². The fraction of sp³-hybridized carbons (Fsp3) is 0.333. The van der Waals surface area contributed by atoms with Crippen molar-refractivity contribution in [1.29, 1.82) is 0 Å². The Kier molecular flexibility index (Phi) is 2.39. The molecule has 9 heavy (non-hydrogen) atoms. The lowest BCUT2D eigenvalue weighted by molar-refractivity contribution is -0.107. The van der Waals surface area contributed by atoms with Crippen LogP contribution in [0.4, 0.5) is 0 Å². The van der Waals surface area contributed by atoms with Crippen molar-refractivity contribution in [3.05, 3.63) is 16.6 Å². The van der Waals surface area contributed by atoms with Crippen molar-refractivity contribution in [1.82, 2.24) is 4.98 Å². The molecule has 48 valence electrons. The zero-order valence-electron chi connectivity index (χ0n) is 4.91. The second kappa shape index (κ2) is 3.35. The number of rotatable bonds is 3. The first-order chi connectivity index (χ1) is 4.43. The number of carbonyl (C=O) groups is 1. The number of aldehydes is 1. The molecule has 0 aliphatic heterocycles. The molecule has 0 aromatic carbocycles. The summed E-state index contributed by atoms with van der Waals surface area (Å²) in [5, 5.41) is 2.96. The summed E-state index contributed by atoms with van der Waals surface area (Å²) in [5.74, 6) is 0. The normalized spacial score (nSPS) is 9.33. The third-order valence-corrected chi connectivity index (χ3v) is 1.80. The van der Waals surface area contributed by atoms with Crippen LogP contribution in [0.3, 0.4) is 0 Å². The van der Waals surface area contributed by atoms with E-state index in [0.717, 1.165) is 17.7 Å². The van der Waals surface area contributed by atoms with E-state index in [1.54, 1.807) is 17.5 Å². The van der Waals surface area contributed by atoms with Gasteiger partial charge in [-0.15, -0.1) is 11.3 Å². The van der Waals surface area contributed by atoms with Crippen LogP contribution in [0.1, 0.15) is 11.4 Å². The molecule has 0 fully saturated rings. The van der Waals surface area contributed by atoms with Crippen LogP contribution in [0.15, 0.2) is 11.6 Å². The Bertz CT molecular complexity index is 171. The molecule has 1 aromatic rings. The second-order valence-corrected chi connectivity index (χ2v) is 2.61. The van der Waals surface area contributed by atoms with Crippen LogP contribution >= 0.6 is 11.3 Å². The van der Waals surface area contributed by atoms with Crippen molar-refractivity contribution in [2.24, 2.45) is 0 Å². The SMILES string of the molecule is O=CCCc1nccs1. The topological polar surface area (TPSA) is 30.0 Å². The highest BCUT2D eigenvalue weighted by Crippen LogP contribution is 2.04. The summed E-state index contributed by atoms with van der Waals surface area (Å²) >= 11 is 1.59. The molecule has 0 N–H and O–H groups in total. The maximum Gasteiger partial charge on any atom is 0.120 e. The average molecular weight is 141 g/mol. The first kappa shape index (κ1) is 6.42. The van der Waals surface area contributed by atoms with E-state index >= 15 is 0 Å². The predicted molar refractivity (Wildman–Crippen MR) is 36.5 cm³/mol. The highest BCUT2D eigenvalue weighted by molar-refractivity contribution is 7.09. The van der Waals surface area contributed by atoms with Crippen LogP contribution in [0.25, 0.3) is 0 Å². The van der Waals surface area contributed by atoms with Gasteiger partial charge in [-0.25, -0.2) is 4.98 Å². The van der Waals surface area contributed by atoms with E-state index < -0.39 is 0 Å². The number of hydrogen-bond donors (Lipinski definition) is 0. The van der Waals surface area contributed by atoms with Gasteiger partial charge in [0.1, 0.15) is 6.29 Å². The average Bonchev–Trinajstić information content (AvgIpc) is 2.34. The molecule has 0 aliphatic rings. The summed E-state index contributed by atoms with van der Waals surface area (Å²) in [6, 6.07) is 0. The standard InChI is InChI=1S/C6H7NOS/c8-4-1-2-6-7-3-5-9-6/h3-5H,1-2H2. The van der Waals surface area contributed by atoms with Crippen molar-refractivity contribution in [3.8, 4) is 0 Å². The van der Waals surface area contributed by atoms with Gasteiger partial charge in [0, 0.05) is 24.4 Å². The van der Waals surface area contributed by atoms with Gasteiger partial charge in [0.2, 0.25) is 0 Å². The molecule has 0 atom stereocenters. The highest BCUT2D eigenvalue weighted by atomic mass is 32.1. The smallest absolute Gasteiger partial charge is 0.120 e. The minimum atomic E-state index is 0.591. The Balaban J connectivity index is 2.38. The summed E-state index contributed by atoms with van der Waals surface area (Å²) in [6.45, 7) is 0. The van der Waals surface area contributed by atoms with Gasteiger partial charge in [-0.1, -0.05) is 0 Å². The molecule has 0 unspecified atom stereocenters. The first-order valence-corrected chi connectivity index (χ1v) is 3.63. The fourth-order valence-electron chi connectivity index (χ4n) is 0.559.